The molecule has 0 heterocycles. The van der Waals surface area contributed by atoms with E-state index in [2.05, 4.69) is 15.9 Å². The summed E-state index contributed by atoms with van der Waals surface area (Å²) in [7, 11) is 0. The lowest BCUT2D eigenvalue weighted by Crippen LogP contribution is -2.35. The lowest BCUT2D eigenvalue weighted by molar-refractivity contribution is 0.486. The van der Waals surface area contributed by atoms with Crippen LogP contribution in [0, 0.1) is 11.6 Å². The summed E-state index contributed by atoms with van der Waals surface area (Å²) < 4.78 is 27.3. The van der Waals surface area contributed by atoms with Crippen LogP contribution in [0.3, 0.4) is 0 Å². The molecule has 1 atom stereocenters. The Morgan fingerprint density at radius 1 is 1.15 bits per heavy atom. The molecule has 0 amide bonds. The highest BCUT2D eigenvalue weighted by molar-refractivity contribution is 9.10. The lowest BCUT2D eigenvalue weighted by atomic mass is 9.86. The van der Waals surface area contributed by atoms with Gasteiger partial charge in [-0.2, -0.15) is 0 Å². The van der Waals surface area contributed by atoms with Crippen molar-refractivity contribution in [3.8, 4) is 0 Å². The molecule has 2 rings (SSSR count). The minimum Gasteiger partial charge on any atom is -0.321 e. The Hall–Kier alpha value is -0.970. The summed E-state index contributed by atoms with van der Waals surface area (Å²) in [6.07, 6.45) is 0.281. The van der Waals surface area contributed by atoms with Crippen LogP contribution in [0.1, 0.15) is 18.1 Å². The van der Waals surface area contributed by atoms with Gasteiger partial charge in [0, 0.05) is 21.1 Å². The molecule has 0 aliphatic heterocycles. The van der Waals surface area contributed by atoms with Crippen molar-refractivity contribution in [3.63, 3.8) is 0 Å². The van der Waals surface area contributed by atoms with Gasteiger partial charge in [0.15, 0.2) is 0 Å². The van der Waals surface area contributed by atoms with Crippen LogP contribution in [-0.4, -0.2) is 0 Å². The molecule has 0 saturated carbocycles. The first kappa shape index (κ1) is 15.4. The lowest BCUT2D eigenvalue weighted by Gasteiger charge is -2.26. The largest absolute Gasteiger partial charge is 0.321 e. The molecular weight excluding hydrogens is 348 g/mol. The van der Waals surface area contributed by atoms with Crippen LogP contribution in [0.4, 0.5) is 8.78 Å². The van der Waals surface area contributed by atoms with Crippen LogP contribution in [0.15, 0.2) is 40.9 Å². The molecule has 0 aliphatic rings. The first-order valence-electron chi connectivity index (χ1n) is 5.97. The van der Waals surface area contributed by atoms with Crippen molar-refractivity contribution in [1.29, 1.82) is 0 Å². The molecule has 0 fully saturated rings. The molecular formula is C15H13BrClF2N. The molecule has 106 valence electrons. The average molecular weight is 361 g/mol. The van der Waals surface area contributed by atoms with Crippen LogP contribution in [0.25, 0.3) is 0 Å². The second-order valence-electron chi connectivity index (χ2n) is 5.00. The fourth-order valence-electron chi connectivity index (χ4n) is 2.18. The number of benzene rings is 2. The van der Waals surface area contributed by atoms with E-state index in [1.54, 1.807) is 13.0 Å². The summed E-state index contributed by atoms with van der Waals surface area (Å²) in [4.78, 5) is 0. The maximum Gasteiger partial charge on any atom is 0.126 e. The number of rotatable bonds is 3. The molecule has 0 bridgehead atoms. The molecule has 2 aromatic carbocycles. The Labute approximate surface area is 129 Å². The SMILES string of the molecule is CC(N)(Cc1cc(F)cc(F)c1)c1ccc(Br)cc1Cl. The third kappa shape index (κ3) is 3.57. The zero-order chi connectivity index (χ0) is 14.9. The average Bonchev–Trinajstić information content (AvgIpc) is 2.25. The van der Waals surface area contributed by atoms with Crippen LogP contribution >= 0.6 is 27.5 Å². The van der Waals surface area contributed by atoms with Crippen molar-refractivity contribution in [3.05, 3.63) is 68.7 Å². The summed E-state index contributed by atoms with van der Waals surface area (Å²) in [6.45, 7) is 1.78. The summed E-state index contributed by atoms with van der Waals surface area (Å²) >= 11 is 9.51. The number of halogens is 4. The van der Waals surface area contributed by atoms with Gasteiger partial charge in [-0.15, -0.1) is 0 Å². The predicted octanol–water partition coefficient (Wildman–Crippen LogP) is 4.80. The highest BCUT2D eigenvalue weighted by Gasteiger charge is 2.25. The fraction of sp³-hybridized carbons (Fsp3) is 0.200. The summed E-state index contributed by atoms with van der Waals surface area (Å²) in [5.41, 5.74) is 6.68. The molecule has 0 aliphatic carbocycles. The van der Waals surface area contributed by atoms with Gasteiger partial charge in [-0.25, -0.2) is 8.78 Å². The number of nitrogens with two attached hydrogens (primary N) is 1. The Balaban J connectivity index is 2.34. The van der Waals surface area contributed by atoms with Crippen LogP contribution in [-0.2, 0) is 12.0 Å². The molecule has 20 heavy (non-hydrogen) atoms. The van der Waals surface area contributed by atoms with Gasteiger partial charge in [-0.05, 0) is 48.7 Å². The van der Waals surface area contributed by atoms with E-state index in [1.807, 2.05) is 12.1 Å². The molecule has 5 heteroatoms. The van der Waals surface area contributed by atoms with E-state index in [-0.39, 0.29) is 6.42 Å². The molecule has 1 unspecified atom stereocenters. The van der Waals surface area contributed by atoms with E-state index in [1.165, 1.54) is 12.1 Å². The normalized spacial score (nSPS) is 14.1. The van der Waals surface area contributed by atoms with Crippen LogP contribution in [0.5, 0.6) is 0 Å². The van der Waals surface area contributed by atoms with E-state index in [0.717, 1.165) is 16.1 Å². The molecule has 2 aromatic rings. The first-order valence-corrected chi connectivity index (χ1v) is 7.14. The maximum atomic E-state index is 13.2. The van der Waals surface area contributed by atoms with Gasteiger partial charge < -0.3 is 5.73 Å². The minimum absolute atomic E-state index is 0.281. The van der Waals surface area contributed by atoms with E-state index < -0.39 is 17.2 Å². The smallest absolute Gasteiger partial charge is 0.126 e. The van der Waals surface area contributed by atoms with Gasteiger partial charge in [0.1, 0.15) is 11.6 Å². The van der Waals surface area contributed by atoms with Crippen molar-refractivity contribution in [2.24, 2.45) is 5.73 Å². The summed E-state index contributed by atoms with van der Waals surface area (Å²) in [6, 6.07) is 8.78. The zero-order valence-electron chi connectivity index (χ0n) is 10.8. The molecule has 0 saturated heterocycles. The Kier molecular flexibility index (Phi) is 4.47. The Morgan fingerprint density at radius 3 is 2.30 bits per heavy atom. The van der Waals surface area contributed by atoms with Gasteiger partial charge in [0.25, 0.3) is 0 Å². The van der Waals surface area contributed by atoms with E-state index in [9.17, 15) is 8.78 Å². The zero-order valence-corrected chi connectivity index (χ0v) is 13.1. The van der Waals surface area contributed by atoms with Crippen molar-refractivity contribution < 1.29 is 8.78 Å². The number of hydrogen-bond acceptors (Lipinski definition) is 1. The monoisotopic (exact) mass is 359 g/mol. The third-order valence-electron chi connectivity index (χ3n) is 3.04. The highest BCUT2D eigenvalue weighted by atomic mass is 79.9. The van der Waals surface area contributed by atoms with Crippen molar-refractivity contribution in [2.45, 2.75) is 18.9 Å². The van der Waals surface area contributed by atoms with Crippen LogP contribution < -0.4 is 5.73 Å². The Morgan fingerprint density at radius 2 is 1.75 bits per heavy atom. The summed E-state index contributed by atoms with van der Waals surface area (Å²) in [5.74, 6) is -1.23. The van der Waals surface area contributed by atoms with Gasteiger partial charge in [-0.1, -0.05) is 33.6 Å². The van der Waals surface area contributed by atoms with Crippen molar-refractivity contribution >= 4 is 27.5 Å². The predicted molar refractivity (Wildman–Crippen MR) is 80.8 cm³/mol. The molecule has 0 radical (unpaired) electrons. The highest BCUT2D eigenvalue weighted by Crippen LogP contribution is 2.31. The number of hydrogen-bond donors (Lipinski definition) is 1. The molecule has 0 aromatic heterocycles. The van der Waals surface area contributed by atoms with Gasteiger partial charge >= 0.3 is 0 Å². The van der Waals surface area contributed by atoms with Gasteiger partial charge in [0.2, 0.25) is 0 Å². The van der Waals surface area contributed by atoms with Gasteiger partial charge in [-0.3, -0.25) is 0 Å². The molecule has 0 spiro atoms. The molecule has 1 nitrogen and oxygen atoms in total. The molecule has 2 N–H and O–H groups in total. The van der Waals surface area contributed by atoms with Crippen molar-refractivity contribution in [2.75, 3.05) is 0 Å². The second-order valence-corrected chi connectivity index (χ2v) is 6.32. The minimum atomic E-state index is -0.821. The fourth-order valence-corrected chi connectivity index (χ4v) is 3.07. The van der Waals surface area contributed by atoms with E-state index >= 15 is 0 Å². The van der Waals surface area contributed by atoms with E-state index in [4.69, 9.17) is 17.3 Å². The second kappa shape index (κ2) is 5.80. The third-order valence-corrected chi connectivity index (χ3v) is 3.85. The first-order chi connectivity index (χ1) is 9.28. The standard InChI is InChI=1S/C15H13BrClF2N/c1-15(20,13-3-2-10(16)6-14(13)17)8-9-4-11(18)7-12(19)5-9/h2-7H,8,20H2,1H3. The van der Waals surface area contributed by atoms with Crippen molar-refractivity contribution in [1.82, 2.24) is 0 Å². The van der Waals surface area contributed by atoms with E-state index in [0.29, 0.717) is 10.6 Å². The maximum absolute atomic E-state index is 13.2. The summed E-state index contributed by atoms with van der Waals surface area (Å²) in [5, 5.41) is 0.515. The Bertz CT molecular complexity index is 624. The van der Waals surface area contributed by atoms with Gasteiger partial charge in [0.05, 0.1) is 0 Å². The topological polar surface area (TPSA) is 26.0 Å². The van der Waals surface area contributed by atoms with Crippen LogP contribution in [0.2, 0.25) is 5.02 Å². The quantitative estimate of drug-likeness (QED) is 0.836.